The van der Waals surface area contributed by atoms with Gasteiger partial charge in [0.05, 0.1) is 10.7 Å². The topological polar surface area (TPSA) is 20.3 Å². The highest BCUT2D eigenvalue weighted by molar-refractivity contribution is 8.03. The Labute approximate surface area is 174 Å². The van der Waals surface area contributed by atoms with Gasteiger partial charge < -0.3 is 4.90 Å². The van der Waals surface area contributed by atoms with E-state index in [1.165, 1.54) is 26.8 Å². The molecule has 4 aromatic carbocycles. The predicted molar refractivity (Wildman–Crippen MR) is 122 cm³/mol. The van der Waals surface area contributed by atoms with Crippen molar-refractivity contribution in [2.75, 3.05) is 11.9 Å². The maximum Gasteiger partial charge on any atom is 0.188 e. The molecular formula is C26H19NOS. The van der Waals surface area contributed by atoms with E-state index < -0.39 is 0 Å². The van der Waals surface area contributed by atoms with Crippen LogP contribution in [0.15, 0.2) is 107 Å². The molecule has 0 saturated heterocycles. The average Bonchev–Trinajstić information content (AvgIpc) is 3.09. The zero-order chi connectivity index (χ0) is 19.8. The predicted octanol–water partition coefficient (Wildman–Crippen LogP) is 6.77. The molecule has 1 aliphatic heterocycles. The van der Waals surface area contributed by atoms with Gasteiger partial charge in [0.15, 0.2) is 5.78 Å². The second kappa shape index (κ2) is 7.26. The Morgan fingerprint density at radius 3 is 2.17 bits per heavy atom. The summed E-state index contributed by atoms with van der Waals surface area (Å²) in [5, 5.41) is 3.37. The molecule has 0 amide bonds. The van der Waals surface area contributed by atoms with Crippen molar-refractivity contribution in [1.82, 2.24) is 0 Å². The van der Waals surface area contributed by atoms with Gasteiger partial charge in [-0.15, -0.1) is 0 Å². The zero-order valence-corrected chi connectivity index (χ0v) is 16.8. The van der Waals surface area contributed by atoms with E-state index in [1.54, 1.807) is 17.8 Å². The Bertz CT molecular complexity index is 1250. The maximum atomic E-state index is 12.7. The van der Waals surface area contributed by atoms with E-state index in [0.717, 1.165) is 10.7 Å². The third kappa shape index (κ3) is 3.14. The number of carbonyl (C=O) groups excluding carboxylic acids is 1. The number of rotatable bonds is 3. The first-order chi connectivity index (χ1) is 14.2. The number of thioether (sulfide) groups is 1. The molecule has 140 valence electrons. The monoisotopic (exact) mass is 393 g/mol. The number of benzene rings is 4. The fourth-order valence-electron chi connectivity index (χ4n) is 3.83. The second-order valence-electron chi connectivity index (χ2n) is 7.06. The highest BCUT2D eigenvalue weighted by atomic mass is 32.2. The van der Waals surface area contributed by atoms with Crippen molar-refractivity contribution in [3.63, 3.8) is 0 Å². The largest absolute Gasteiger partial charge is 0.338 e. The van der Waals surface area contributed by atoms with Gasteiger partial charge in [0, 0.05) is 29.0 Å². The smallest absolute Gasteiger partial charge is 0.188 e. The van der Waals surface area contributed by atoms with Crippen molar-refractivity contribution in [1.29, 1.82) is 0 Å². The SMILES string of the molecule is CN1C(=CC(=O)c2ccccc2)Sc2cc(-c3ccccc3)c3ccccc3c21. The van der Waals surface area contributed by atoms with Gasteiger partial charge >= 0.3 is 0 Å². The van der Waals surface area contributed by atoms with Crippen molar-refractivity contribution >= 4 is 34.0 Å². The quantitative estimate of drug-likeness (QED) is 0.283. The van der Waals surface area contributed by atoms with Crippen LogP contribution in [-0.2, 0) is 0 Å². The lowest BCUT2D eigenvalue weighted by Crippen LogP contribution is -2.11. The first-order valence-electron chi connectivity index (χ1n) is 9.56. The summed E-state index contributed by atoms with van der Waals surface area (Å²) >= 11 is 1.66. The number of nitrogens with zero attached hydrogens (tertiary/aromatic N) is 1. The molecule has 3 heteroatoms. The lowest BCUT2D eigenvalue weighted by atomic mass is 9.97. The average molecular weight is 394 g/mol. The van der Waals surface area contributed by atoms with Crippen LogP contribution in [0, 0.1) is 0 Å². The number of anilines is 1. The van der Waals surface area contributed by atoms with Crippen molar-refractivity contribution in [3.8, 4) is 11.1 Å². The van der Waals surface area contributed by atoms with Crippen molar-refractivity contribution in [3.05, 3.63) is 108 Å². The molecule has 1 aliphatic rings. The number of hydrogen-bond donors (Lipinski definition) is 0. The Kier molecular flexibility index (Phi) is 4.45. The van der Waals surface area contributed by atoms with Crippen LogP contribution >= 0.6 is 11.8 Å². The minimum atomic E-state index is 0.0281. The lowest BCUT2D eigenvalue weighted by Gasteiger charge is -2.17. The summed E-state index contributed by atoms with van der Waals surface area (Å²) in [6, 6.07) is 30.6. The third-order valence-corrected chi connectivity index (χ3v) is 6.39. The normalized spacial score (nSPS) is 14.4. The summed E-state index contributed by atoms with van der Waals surface area (Å²) in [6.07, 6.45) is 1.75. The van der Waals surface area contributed by atoms with Gasteiger partial charge in [0.25, 0.3) is 0 Å². The van der Waals surface area contributed by atoms with Crippen LogP contribution in [0.3, 0.4) is 0 Å². The molecule has 1 heterocycles. The molecule has 0 aliphatic carbocycles. The van der Waals surface area contributed by atoms with Crippen LogP contribution < -0.4 is 4.90 Å². The number of carbonyl (C=O) groups is 1. The molecule has 0 saturated carbocycles. The molecule has 0 bridgehead atoms. The fourth-order valence-corrected chi connectivity index (χ4v) is 4.97. The van der Waals surface area contributed by atoms with E-state index in [4.69, 9.17) is 0 Å². The summed E-state index contributed by atoms with van der Waals surface area (Å²) in [6.45, 7) is 0. The molecule has 0 aromatic heterocycles. The number of allylic oxidation sites excluding steroid dienone is 1. The van der Waals surface area contributed by atoms with E-state index >= 15 is 0 Å². The van der Waals surface area contributed by atoms with Crippen LogP contribution in [-0.4, -0.2) is 12.8 Å². The van der Waals surface area contributed by atoms with Crippen LogP contribution in [0.4, 0.5) is 5.69 Å². The first kappa shape index (κ1) is 17.8. The molecule has 0 spiro atoms. The molecule has 5 rings (SSSR count). The lowest BCUT2D eigenvalue weighted by molar-refractivity contribution is 0.104. The number of hydrogen-bond acceptors (Lipinski definition) is 3. The van der Waals surface area contributed by atoms with E-state index in [1.807, 2.05) is 43.4 Å². The van der Waals surface area contributed by atoms with Crippen LogP contribution in [0.25, 0.3) is 21.9 Å². The molecule has 0 unspecified atom stereocenters. The van der Waals surface area contributed by atoms with Crippen molar-refractivity contribution in [2.24, 2.45) is 0 Å². The molecule has 0 N–H and O–H groups in total. The summed E-state index contributed by atoms with van der Waals surface area (Å²) in [4.78, 5) is 16.0. The molecule has 0 fully saturated rings. The summed E-state index contributed by atoms with van der Waals surface area (Å²) < 4.78 is 0. The van der Waals surface area contributed by atoms with Gasteiger partial charge in [0.1, 0.15) is 0 Å². The number of fused-ring (bicyclic) bond motifs is 3. The Morgan fingerprint density at radius 2 is 1.45 bits per heavy atom. The van der Waals surface area contributed by atoms with E-state index in [2.05, 4.69) is 59.5 Å². The minimum absolute atomic E-state index is 0.0281. The van der Waals surface area contributed by atoms with Crippen LogP contribution in [0.1, 0.15) is 10.4 Å². The van der Waals surface area contributed by atoms with Gasteiger partial charge in [-0.2, -0.15) is 0 Å². The number of ketones is 1. The second-order valence-corrected chi connectivity index (χ2v) is 8.12. The highest BCUT2D eigenvalue weighted by Crippen LogP contribution is 2.51. The molecule has 29 heavy (non-hydrogen) atoms. The minimum Gasteiger partial charge on any atom is -0.338 e. The van der Waals surface area contributed by atoms with E-state index in [-0.39, 0.29) is 5.78 Å². The highest BCUT2D eigenvalue weighted by Gasteiger charge is 2.26. The van der Waals surface area contributed by atoms with Gasteiger partial charge in [-0.25, -0.2) is 0 Å². The molecule has 0 radical (unpaired) electrons. The van der Waals surface area contributed by atoms with Gasteiger partial charge in [-0.1, -0.05) is 96.7 Å². The molecule has 4 aromatic rings. The van der Waals surface area contributed by atoms with E-state index in [0.29, 0.717) is 5.56 Å². The standard InChI is InChI=1S/C26H19NOS/c1-27-25(17-23(28)19-12-6-3-7-13-19)29-24-16-22(18-10-4-2-5-11-18)20-14-8-9-15-21(20)26(24)27/h2-17H,1H3. The van der Waals surface area contributed by atoms with Crippen LogP contribution in [0.2, 0.25) is 0 Å². The molecule has 2 nitrogen and oxygen atoms in total. The summed E-state index contributed by atoms with van der Waals surface area (Å²) in [7, 11) is 2.04. The fraction of sp³-hybridized carbons (Fsp3) is 0.0385. The van der Waals surface area contributed by atoms with Crippen LogP contribution in [0.5, 0.6) is 0 Å². The molecular weight excluding hydrogens is 374 g/mol. The third-order valence-electron chi connectivity index (χ3n) is 5.26. The summed E-state index contributed by atoms with van der Waals surface area (Å²) in [5.41, 5.74) is 4.29. The van der Waals surface area contributed by atoms with E-state index in [9.17, 15) is 4.79 Å². The zero-order valence-electron chi connectivity index (χ0n) is 16.0. The maximum absolute atomic E-state index is 12.7. The molecule has 0 atom stereocenters. The van der Waals surface area contributed by atoms with Gasteiger partial charge in [-0.05, 0) is 22.6 Å². The van der Waals surface area contributed by atoms with Crippen molar-refractivity contribution in [2.45, 2.75) is 4.90 Å². The first-order valence-corrected chi connectivity index (χ1v) is 10.4. The Hall–Kier alpha value is -3.30. The Balaban J connectivity index is 1.64. The van der Waals surface area contributed by atoms with Gasteiger partial charge in [0.2, 0.25) is 0 Å². The van der Waals surface area contributed by atoms with Gasteiger partial charge in [-0.3, -0.25) is 4.79 Å². The van der Waals surface area contributed by atoms with Crippen molar-refractivity contribution < 1.29 is 4.79 Å². The Morgan fingerprint density at radius 1 is 0.828 bits per heavy atom. The summed E-state index contributed by atoms with van der Waals surface area (Å²) in [5.74, 6) is 0.0281.